The van der Waals surface area contributed by atoms with Crippen LogP contribution in [0.2, 0.25) is 0 Å². The number of carbonyl (C=O) groups excluding carboxylic acids is 1. The quantitative estimate of drug-likeness (QED) is 0.885. The van der Waals surface area contributed by atoms with Crippen LogP contribution in [0.4, 0.5) is 0 Å². The predicted octanol–water partition coefficient (Wildman–Crippen LogP) is 3.35. The molecule has 1 aliphatic carbocycles. The van der Waals surface area contributed by atoms with Crippen molar-refractivity contribution in [3.05, 3.63) is 35.4 Å². The fraction of sp³-hybridized carbons (Fsp3) is 0.632. The summed E-state index contributed by atoms with van der Waals surface area (Å²) in [5.74, 6) is -0.468. The van der Waals surface area contributed by atoms with Crippen molar-refractivity contribution < 1.29 is 13.2 Å². The molecule has 0 saturated heterocycles. The highest BCUT2D eigenvalue weighted by Crippen LogP contribution is 2.23. The van der Waals surface area contributed by atoms with Gasteiger partial charge in [-0.2, -0.15) is 0 Å². The van der Waals surface area contributed by atoms with Gasteiger partial charge in [0, 0.05) is 6.04 Å². The number of carbonyl (C=O) groups is 1. The maximum absolute atomic E-state index is 12.5. The number of amides is 1. The Hall–Kier alpha value is -1.36. The molecule has 4 nitrogen and oxygen atoms in total. The zero-order valence-electron chi connectivity index (χ0n) is 15.1. The van der Waals surface area contributed by atoms with E-state index in [1.165, 1.54) is 6.92 Å². The summed E-state index contributed by atoms with van der Waals surface area (Å²) in [7, 11) is -3.51. The maximum atomic E-state index is 12.5. The van der Waals surface area contributed by atoms with Crippen LogP contribution in [0.3, 0.4) is 0 Å². The Morgan fingerprint density at radius 2 is 1.71 bits per heavy atom. The van der Waals surface area contributed by atoms with Crippen molar-refractivity contribution in [2.45, 2.75) is 75.8 Å². The largest absolute Gasteiger partial charge is 0.352 e. The van der Waals surface area contributed by atoms with E-state index in [9.17, 15) is 13.2 Å². The van der Waals surface area contributed by atoms with E-state index in [4.69, 9.17) is 0 Å². The molecular formula is C19H29NO3S. The summed E-state index contributed by atoms with van der Waals surface area (Å²) in [5.41, 5.74) is 1.92. The molecule has 1 aromatic carbocycles. The summed E-state index contributed by atoms with van der Waals surface area (Å²) in [6.45, 7) is 7.85. The van der Waals surface area contributed by atoms with Crippen LogP contribution >= 0.6 is 0 Å². The van der Waals surface area contributed by atoms with Gasteiger partial charge in [-0.1, -0.05) is 57.9 Å². The van der Waals surface area contributed by atoms with Gasteiger partial charge in [-0.3, -0.25) is 4.79 Å². The zero-order chi connectivity index (χ0) is 18.0. The summed E-state index contributed by atoms with van der Waals surface area (Å²) in [5, 5.41) is 1.87. The summed E-state index contributed by atoms with van der Waals surface area (Å²) >= 11 is 0. The molecule has 0 aromatic heterocycles. The first kappa shape index (κ1) is 19.0. The van der Waals surface area contributed by atoms with Crippen LogP contribution in [0, 0.1) is 0 Å². The van der Waals surface area contributed by atoms with Crippen LogP contribution in [0.5, 0.6) is 0 Å². The molecule has 1 fully saturated rings. The lowest BCUT2D eigenvalue weighted by molar-refractivity contribution is -0.121. The fourth-order valence-corrected chi connectivity index (χ4v) is 4.31. The fourth-order valence-electron chi connectivity index (χ4n) is 3.01. The number of hydrogen-bond donors (Lipinski definition) is 1. The van der Waals surface area contributed by atoms with Crippen molar-refractivity contribution >= 4 is 15.7 Å². The van der Waals surface area contributed by atoms with E-state index in [1.54, 1.807) is 0 Å². The van der Waals surface area contributed by atoms with E-state index in [0.717, 1.165) is 36.8 Å². The molecule has 1 amide bonds. The molecule has 1 aromatic rings. The molecule has 24 heavy (non-hydrogen) atoms. The lowest BCUT2D eigenvalue weighted by atomic mass is 9.87. The molecule has 1 aliphatic rings. The molecule has 1 N–H and O–H groups in total. The minimum Gasteiger partial charge on any atom is -0.352 e. The van der Waals surface area contributed by atoms with Gasteiger partial charge >= 0.3 is 0 Å². The molecule has 5 heteroatoms. The van der Waals surface area contributed by atoms with Gasteiger partial charge in [-0.15, -0.1) is 0 Å². The molecule has 1 saturated carbocycles. The van der Waals surface area contributed by atoms with E-state index < -0.39 is 15.1 Å². The molecule has 0 spiro atoms. The van der Waals surface area contributed by atoms with Crippen molar-refractivity contribution in [3.8, 4) is 0 Å². The minimum atomic E-state index is -3.51. The smallest absolute Gasteiger partial charge is 0.238 e. The van der Waals surface area contributed by atoms with Gasteiger partial charge < -0.3 is 5.32 Å². The first-order chi connectivity index (χ1) is 11.1. The second-order valence-electron chi connectivity index (χ2n) is 7.89. The van der Waals surface area contributed by atoms with Crippen LogP contribution in [-0.2, 0) is 25.8 Å². The Morgan fingerprint density at radius 3 is 2.21 bits per heavy atom. The highest BCUT2D eigenvalue weighted by atomic mass is 32.2. The molecule has 134 valence electrons. The van der Waals surface area contributed by atoms with Crippen molar-refractivity contribution in [1.82, 2.24) is 5.32 Å². The molecule has 0 aliphatic heterocycles. The Balaban J connectivity index is 2.02. The van der Waals surface area contributed by atoms with Crippen LogP contribution in [-0.4, -0.2) is 25.6 Å². The molecule has 0 radical (unpaired) electrons. The number of rotatable bonds is 5. The molecular weight excluding hydrogens is 322 g/mol. The molecule has 1 atom stereocenters. The molecule has 0 bridgehead atoms. The third kappa shape index (κ3) is 4.82. The zero-order valence-corrected chi connectivity index (χ0v) is 15.9. The van der Waals surface area contributed by atoms with Gasteiger partial charge in [0.25, 0.3) is 0 Å². The van der Waals surface area contributed by atoms with Crippen molar-refractivity contribution in [2.75, 3.05) is 0 Å². The Morgan fingerprint density at radius 1 is 1.17 bits per heavy atom. The average molecular weight is 352 g/mol. The molecule has 0 heterocycles. The monoisotopic (exact) mass is 351 g/mol. The van der Waals surface area contributed by atoms with Crippen molar-refractivity contribution in [3.63, 3.8) is 0 Å². The second-order valence-corrected chi connectivity index (χ2v) is 10.2. The standard InChI is InChI=1S/C19H29NO3S/c1-14(18(21)20-17-7-5-6-8-17)24(22,23)13-15-9-11-16(12-10-15)19(2,3)4/h9-12,14,17H,5-8,13H2,1-4H3,(H,20,21). The van der Waals surface area contributed by atoms with Crippen LogP contribution < -0.4 is 5.32 Å². The number of benzene rings is 1. The third-order valence-electron chi connectivity index (χ3n) is 4.80. The third-order valence-corrected chi connectivity index (χ3v) is 6.82. The Bertz CT molecular complexity index is 666. The molecule has 2 rings (SSSR count). The number of nitrogens with one attached hydrogen (secondary N) is 1. The second kappa shape index (κ2) is 7.26. The van der Waals surface area contributed by atoms with E-state index in [-0.39, 0.29) is 23.1 Å². The Kier molecular flexibility index (Phi) is 5.74. The highest BCUT2D eigenvalue weighted by Gasteiger charge is 2.30. The van der Waals surface area contributed by atoms with Gasteiger partial charge in [0.05, 0.1) is 5.75 Å². The van der Waals surface area contributed by atoms with E-state index >= 15 is 0 Å². The van der Waals surface area contributed by atoms with Gasteiger partial charge in [-0.25, -0.2) is 8.42 Å². The van der Waals surface area contributed by atoms with Gasteiger partial charge in [0.1, 0.15) is 5.25 Å². The summed E-state index contributed by atoms with van der Waals surface area (Å²) in [6, 6.07) is 7.77. The predicted molar refractivity (Wildman–Crippen MR) is 97.6 cm³/mol. The van der Waals surface area contributed by atoms with Crippen molar-refractivity contribution in [2.24, 2.45) is 0 Å². The lowest BCUT2D eigenvalue weighted by Crippen LogP contribution is -2.42. The SMILES string of the molecule is CC(C(=O)NC1CCCC1)S(=O)(=O)Cc1ccc(C(C)(C)C)cc1. The van der Waals surface area contributed by atoms with E-state index in [2.05, 4.69) is 26.1 Å². The van der Waals surface area contributed by atoms with E-state index in [0.29, 0.717) is 0 Å². The lowest BCUT2D eigenvalue weighted by Gasteiger charge is -2.20. The average Bonchev–Trinajstić information content (AvgIpc) is 2.98. The topological polar surface area (TPSA) is 63.2 Å². The minimum absolute atomic E-state index is 0.0336. The van der Waals surface area contributed by atoms with Gasteiger partial charge in [0.15, 0.2) is 9.84 Å². The summed E-state index contributed by atoms with van der Waals surface area (Å²) < 4.78 is 25.1. The van der Waals surface area contributed by atoms with Crippen LogP contribution in [0.1, 0.15) is 64.5 Å². The first-order valence-corrected chi connectivity index (χ1v) is 10.4. The number of sulfone groups is 1. The highest BCUT2D eigenvalue weighted by molar-refractivity contribution is 7.92. The maximum Gasteiger partial charge on any atom is 0.238 e. The Labute approximate surface area is 146 Å². The molecule has 1 unspecified atom stereocenters. The first-order valence-electron chi connectivity index (χ1n) is 8.71. The number of hydrogen-bond acceptors (Lipinski definition) is 3. The van der Waals surface area contributed by atoms with Gasteiger partial charge in [-0.05, 0) is 36.3 Å². The summed E-state index contributed by atoms with van der Waals surface area (Å²) in [6.07, 6.45) is 4.11. The van der Waals surface area contributed by atoms with Gasteiger partial charge in [0.2, 0.25) is 5.91 Å². The summed E-state index contributed by atoms with van der Waals surface area (Å²) in [4.78, 5) is 12.2. The van der Waals surface area contributed by atoms with E-state index in [1.807, 2.05) is 24.3 Å². The normalized spacial score (nSPS) is 17.7. The van der Waals surface area contributed by atoms with Crippen LogP contribution in [0.25, 0.3) is 0 Å². The van der Waals surface area contributed by atoms with Crippen molar-refractivity contribution in [1.29, 1.82) is 0 Å². The van der Waals surface area contributed by atoms with Crippen LogP contribution in [0.15, 0.2) is 24.3 Å².